The van der Waals surface area contributed by atoms with Gasteiger partial charge in [0.05, 0.1) is 18.2 Å². The minimum Gasteiger partial charge on any atom is -0.455 e. The minimum absolute atomic E-state index is 0.0605. The Balaban J connectivity index is 1.48. The van der Waals surface area contributed by atoms with Crippen molar-refractivity contribution >= 4 is 34.6 Å². The third-order valence-electron chi connectivity index (χ3n) is 4.12. The van der Waals surface area contributed by atoms with Crippen molar-refractivity contribution < 1.29 is 14.3 Å². The fraction of sp³-hybridized carbons (Fsp3) is 0.286. The van der Waals surface area contributed by atoms with Gasteiger partial charge in [-0.25, -0.2) is 4.98 Å². The first-order valence-corrected chi connectivity index (χ1v) is 10.9. The lowest BCUT2D eigenvalue weighted by atomic mass is 10.0. The first-order valence-electron chi connectivity index (χ1n) is 9.12. The Labute approximate surface area is 172 Å². The van der Waals surface area contributed by atoms with E-state index in [2.05, 4.69) is 17.2 Å². The molecule has 0 aliphatic heterocycles. The highest BCUT2D eigenvalue weighted by molar-refractivity contribution is 7.14. The number of thiazole rings is 1. The number of benzene rings is 1. The van der Waals surface area contributed by atoms with Crippen LogP contribution >= 0.6 is 22.7 Å². The predicted octanol–water partition coefficient (Wildman–Crippen LogP) is 4.61. The van der Waals surface area contributed by atoms with E-state index in [0.717, 1.165) is 29.0 Å². The maximum Gasteiger partial charge on any atom is 0.312 e. The summed E-state index contributed by atoms with van der Waals surface area (Å²) in [6, 6.07) is 11.7. The van der Waals surface area contributed by atoms with E-state index in [0.29, 0.717) is 5.69 Å². The van der Waals surface area contributed by atoms with Crippen LogP contribution in [0.4, 0.5) is 0 Å². The van der Waals surface area contributed by atoms with E-state index < -0.39 is 5.97 Å². The van der Waals surface area contributed by atoms with Crippen LogP contribution in [0.5, 0.6) is 0 Å². The van der Waals surface area contributed by atoms with Gasteiger partial charge in [0.1, 0.15) is 5.01 Å². The molecule has 2 heterocycles. The Morgan fingerprint density at radius 1 is 1.18 bits per heavy atom. The van der Waals surface area contributed by atoms with Crippen LogP contribution in [0, 0.1) is 0 Å². The second kappa shape index (κ2) is 10.1. The molecule has 1 aromatic carbocycles. The Kier molecular flexibility index (Phi) is 7.33. The molecule has 0 spiro atoms. The predicted molar refractivity (Wildman–Crippen MR) is 112 cm³/mol. The summed E-state index contributed by atoms with van der Waals surface area (Å²) in [4.78, 5) is 28.7. The Hall–Kier alpha value is -2.51. The summed E-state index contributed by atoms with van der Waals surface area (Å²) < 4.78 is 5.14. The number of amides is 1. The number of nitrogens with zero attached hydrogens (tertiary/aromatic N) is 1. The van der Waals surface area contributed by atoms with Crippen LogP contribution < -0.4 is 5.32 Å². The second-order valence-electron chi connectivity index (χ2n) is 6.31. The lowest BCUT2D eigenvalue weighted by Crippen LogP contribution is -2.32. The van der Waals surface area contributed by atoms with Gasteiger partial charge in [-0.3, -0.25) is 9.59 Å². The molecule has 3 aromatic rings. The third kappa shape index (κ3) is 5.74. The van der Waals surface area contributed by atoms with E-state index in [4.69, 9.17) is 4.74 Å². The zero-order valence-electron chi connectivity index (χ0n) is 15.6. The average molecular weight is 415 g/mol. The normalized spacial score (nSPS) is 11.8. The van der Waals surface area contributed by atoms with Gasteiger partial charge in [0.25, 0.3) is 5.91 Å². The van der Waals surface area contributed by atoms with Crippen LogP contribution in [0.15, 0.2) is 52.5 Å². The lowest BCUT2D eigenvalue weighted by molar-refractivity contribution is -0.148. The molecule has 7 heteroatoms. The lowest BCUT2D eigenvalue weighted by Gasteiger charge is -2.18. The van der Waals surface area contributed by atoms with Gasteiger partial charge in [-0.15, -0.1) is 11.3 Å². The van der Waals surface area contributed by atoms with Gasteiger partial charge < -0.3 is 10.1 Å². The molecule has 0 aliphatic rings. The van der Waals surface area contributed by atoms with Crippen LogP contribution in [0.2, 0.25) is 0 Å². The van der Waals surface area contributed by atoms with Gasteiger partial charge >= 0.3 is 5.97 Å². The molecular weight excluding hydrogens is 392 g/mol. The van der Waals surface area contributed by atoms with Gasteiger partial charge in [0.15, 0.2) is 6.61 Å². The summed E-state index contributed by atoms with van der Waals surface area (Å²) in [7, 11) is 0. The molecule has 3 rings (SSSR count). The summed E-state index contributed by atoms with van der Waals surface area (Å²) in [5, 5.41) is 9.69. The molecule has 0 bridgehead atoms. The monoisotopic (exact) mass is 414 g/mol. The summed E-state index contributed by atoms with van der Waals surface area (Å²) in [5.41, 5.74) is 2.76. The number of esters is 1. The second-order valence-corrected chi connectivity index (χ2v) is 7.95. The number of hydrogen-bond donors (Lipinski definition) is 1. The largest absolute Gasteiger partial charge is 0.455 e. The van der Waals surface area contributed by atoms with Crippen LogP contribution in [0.1, 0.15) is 37.1 Å². The van der Waals surface area contributed by atoms with Crippen molar-refractivity contribution in [1.29, 1.82) is 0 Å². The van der Waals surface area contributed by atoms with Crippen LogP contribution in [-0.2, 0) is 20.7 Å². The van der Waals surface area contributed by atoms with E-state index >= 15 is 0 Å². The molecule has 5 nitrogen and oxygen atoms in total. The summed E-state index contributed by atoms with van der Waals surface area (Å²) in [5.74, 6) is -0.753. The fourth-order valence-corrected chi connectivity index (χ4v) is 4.32. The molecule has 0 radical (unpaired) electrons. The van der Waals surface area contributed by atoms with Crippen LogP contribution in [0.25, 0.3) is 10.6 Å². The molecule has 1 amide bonds. The SMILES string of the molecule is CCC[C@H](NC(=O)COC(=O)Cc1csc(-c2ccsc2)n1)c1ccccc1. The van der Waals surface area contributed by atoms with Crippen molar-refractivity contribution in [2.24, 2.45) is 0 Å². The highest BCUT2D eigenvalue weighted by atomic mass is 32.1. The Morgan fingerprint density at radius 3 is 2.71 bits per heavy atom. The van der Waals surface area contributed by atoms with Crippen LogP contribution in [0.3, 0.4) is 0 Å². The zero-order valence-corrected chi connectivity index (χ0v) is 17.2. The number of thiophene rings is 1. The highest BCUT2D eigenvalue weighted by Crippen LogP contribution is 2.25. The number of carbonyl (C=O) groups is 2. The molecule has 28 heavy (non-hydrogen) atoms. The smallest absolute Gasteiger partial charge is 0.312 e. The van der Waals surface area contributed by atoms with Gasteiger partial charge in [-0.05, 0) is 23.4 Å². The third-order valence-corrected chi connectivity index (χ3v) is 5.75. The minimum atomic E-state index is -0.455. The number of ether oxygens (including phenoxy) is 1. The van der Waals surface area contributed by atoms with E-state index in [1.165, 1.54) is 11.3 Å². The number of aromatic nitrogens is 1. The summed E-state index contributed by atoms with van der Waals surface area (Å²) in [6.07, 6.45) is 1.83. The fourth-order valence-electron chi connectivity index (χ4n) is 2.78. The van der Waals surface area contributed by atoms with Crippen molar-refractivity contribution in [3.8, 4) is 10.6 Å². The summed E-state index contributed by atoms with van der Waals surface area (Å²) >= 11 is 3.10. The maximum absolute atomic E-state index is 12.2. The molecule has 0 saturated heterocycles. The first kappa shape index (κ1) is 20.2. The molecule has 146 valence electrons. The van der Waals surface area contributed by atoms with Crippen molar-refractivity contribution in [2.45, 2.75) is 32.2 Å². The highest BCUT2D eigenvalue weighted by Gasteiger charge is 2.16. The molecule has 0 saturated carbocycles. The van der Waals surface area contributed by atoms with Gasteiger partial charge in [0, 0.05) is 16.3 Å². The molecule has 1 atom stereocenters. The Morgan fingerprint density at radius 2 is 2.00 bits per heavy atom. The van der Waals surface area contributed by atoms with E-state index in [1.54, 1.807) is 11.3 Å². The van der Waals surface area contributed by atoms with E-state index in [1.807, 2.05) is 52.5 Å². The molecular formula is C21H22N2O3S2. The number of hydrogen-bond acceptors (Lipinski definition) is 6. The van der Waals surface area contributed by atoms with E-state index in [-0.39, 0.29) is 25.0 Å². The topological polar surface area (TPSA) is 68.3 Å². The van der Waals surface area contributed by atoms with Crippen molar-refractivity contribution in [1.82, 2.24) is 10.3 Å². The Bertz CT molecular complexity index is 892. The zero-order chi connectivity index (χ0) is 19.8. The molecule has 0 fully saturated rings. The molecule has 2 aromatic heterocycles. The number of nitrogens with one attached hydrogen (secondary N) is 1. The maximum atomic E-state index is 12.2. The van der Waals surface area contributed by atoms with Crippen molar-refractivity contribution in [3.63, 3.8) is 0 Å². The number of carbonyl (C=O) groups excluding carboxylic acids is 2. The van der Waals surface area contributed by atoms with Crippen LogP contribution in [-0.4, -0.2) is 23.5 Å². The average Bonchev–Trinajstić information content (AvgIpc) is 3.38. The number of rotatable bonds is 9. The molecule has 0 unspecified atom stereocenters. The van der Waals surface area contributed by atoms with Gasteiger partial charge in [-0.2, -0.15) is 11.3 Å². The quantitative estimate of drug-likeness (QED) is 0.519. The van der Waals surface area contributed by atoms with Gasteiger partial charge in [0.2, 0.25) is 0 Å². The van der Waals surface area contributed by atoms with Crippen molar-refractivity contribution in [3.05, 3.63) is 63.8 Å². The molecule has 0 aliphatic carbocycles. The van der Waals surface area contributed by atoms with Gasteiger partial charge in [-0.1, -0.05) is 43.7 Å². The first-order chi connectivity index (χ1) is 13.7. The van der Waals surface area contributed by atoms with E-state index in [9.17, 15) is 9.59 Å². The molecule has 1 N–H and O–H groups in total. The summed E-state index contributed by atoms with van der Waals surface area (Å²) in [6.45, 7) is 1.79. The van der Waals surface area contributed by atoms with Crippen molar-refractivity contribution in [2.75, 3.05) is 6.61 Å². The standard InChI is InChI=1S/C21H22N2O3S2/c1-2-6-18(15-7-4-3-5-8-15)23-19(24)12-26-20(25)11-17-14-28-21(22-17)16-9-10-27-13-16/h3-5,7-10,13-14,18H,2,6,11-12H2,1H3,(H,23,24)/t18-/m0/s1.